The minimum atomic E-state index is 0.731. The van der Waals surface area contributed by atoms with Crippen LogP contribution in [0.2, 0.25) is 0 Å². The molecule has 0 saturated carbocycles. The van der Waals surface area contributed by atoms with E-state index < -0.39 is 0 Å². The van der Waals surface area contributed by atoms with Gasteiger partial charge in [-0.05, 0) is 37.3 Å². The quantitative estimate of drug-likeness (QED) is 0.611. The van der Waals surface area contributed by atoms with Crippen LogP contribution >= 0.6 is 0 Å². The van der Waals surface area contributed by atoms with Gasteiger partial charge in [0.2, 0.25) is 0 Å². The van der Waals surface area contributed by atoms with E-state index in [-0.39, 0.29) is 0 Å². The van der Waals surface area contributed by atoms with Crippen molar-refractivity contribution in [2.75, 3.05) is 6.54 Å². The first kappa shape index (κ1) is 8.37. The van der Waals surface area contributed by atoms with Crippen LogP contribution in [-0.4, -0.2) is 6.54 Å². The largest absolute Gasteiger partial charge is 0.383 e. The molecule has 68 valence electrons. The Labute approximate surface area is 78.9 Å². The fourth-order valence-electron chi connectivity index (χ4n) is 2.00. The molecule has 0 radical (unpaired) electrons. The van der Waals surface area contributed by atoms with Crippen molar-refractivity contribution in [1.82, 2.24) is 5.32 Å². The van der Waals surface area contributed by atoms with Crippen molar-refractivity contribution in [3.05, 3.63) is 22.9 Å². The Kier molecular flexibility index (Phi) is 2.35. The van der Waals surface area contributed by atoms with Crippen molar-refractivity contribution in [3.63, 3.8) is 0 Å². The summed E-state index contributed by atoms with van der Waals surface area (Å²) in [5.41, 5.74) is 3.64. The van der Waals surface area contributed by atoms with Crippen molar-refractivity contribution in [3.8, 4) is 6.07 Å². The first-order chi connectivity index (χ1) is 6.40. The van der Waals surface area contributed by atoms with Gasteiger partial charge in [-0.1, -0.05) is 6.42 Å². The summed E-state index contributed by atoms with van der Waals surface area (Å²) in [7, 11) is 0. The summed E-state index contributed by atoms with van der Waals surface area (Å²) in [5.74, 6) is 0. The maximum Gasteiger partial charge on any atom is 0.0966 e. The molecule has 0 amide bonds. The summed E-state index contributed by atoms with van der Waals surface area (Å²) in [6.45, 7) is 0.731. The van der Waals surface area contributed by atoms with Crippen LogP contribution < -0.4 is 5.32 Å². The topological polar surface area (TPSA) is 35.8 Å². The third kappa shape index (κ3) is 1.75. The lowest BCUT2D eigenvalue weighted by Gasteiger charge is -2.17. The molecule has 1 heterocycles. The summed E-state index contributed by atoms with van der Waals surface area (Å²) in [6, 6.07) is 2.22. The maximum absolute atomic E-state index is 8.77. The van der Waals surface area contributed by atoms with Crippen LogP contribution in [0, 0.1) is 11.3 Å². The van der Waals surface area contributed by atoms with Crippen molar-refractivity contribution in [2.45, 2.75) is 32.1 Å². The van der Waals surface area contributed by atoms with Crippen LogP contribution in [0.5, 0.6) is 0 Å². The predicted molar refractivity (Wildman–Crippen MR) is 51.8 cm³/mol. The molecular weight excluding hydrogens is 160 g/mol. The zero-order valence-electron chi connectivity index (χ0n) is 7.77. The molecule has 2 nitrogen and oxygen atoms in total. The molecule has 2 aliphatic rings. The molecule has 2 rings (SSSR count). The highest BCUT2D eigenvalue weighted by Crippen LogP contribution is 2.26. The van der Waals surface area contributed by atoms with Crippen LogP contribution in [0.25, 0.3) is 0 Å². The fourth-order valence-corrected chi connectivity index (χ4v) is 2.00. The van der Waals surface area contributed by atoms with Crippen LogP contribution in [0.3, 0.4) is 0 Å². The molecule has 2 heteroatoms. The zero-order valence-corrected chi connectivity index (χ0v) is 7.77. The number of nitriles is 1. The smallest absolute Gasteiger partial charge is 0.0966 e. The van der Waals surface area contributed by atoms with E-state index in [9.17, 15) is 0 Å². The summed E-state index contributed by atoms with van der Waals surface area (Å²) in [5, 5.41) is 12.1. The second-order valence-electron chi connectivity index (χ2n) is 3.70. The summed E-state index contributed by atoms with van der Waals surface area (Å²) >= 11 is 0. The second-order valence-corrected chi connectivity index (χ2v) is 3.70. The van der Waals surface area contributed by atoms with E-state index in [1.54, 1.807) is 0 Å². The van der Waals surface area contributed by atoms with Gasteiger partial charge in [-0.2, -0.15) is 5.26 Å². The number of nitrogens with zero attached hydrogens (tertiary/aromatic N) is 1. The molecule has 0 fully saturated rings. The van der Waals surface area contributed by atoms with Crippen molar-refractivity contribution in [1.29, 1.82) is 5.26 Å². The molecule has 0 spiro atoms. The lowest BCUT2D eigenvalue weighted by Crippen LogP contribution is -2.21. The number of allylic oxidation sites excluding steroid dienone is 3. The highest BCUT2D eigenvalue weighted by Gasteiger charge is 2.14. The summed E-state index contributed by atoms with van der Waals surface area (Å²) < 4.78 is 0. The minimum Gasteiger partial charge on any atom is -0.383 e. The molecular formula is C11H14N2. The Morgan fingerprint density at radius 2 is 2.08 bits per heavy atom. The predicted octanol–water partition coefficient (Wildman–Crippen LogP) is 2.26. The van der Waals surface area contributed by atoms with Gasteiger partial charge in [0.15, 0.2) is 0 Å². The Morgan fingerprint density at radius 1 is 1.23 bits per heavy atom. The molecule has 1 aliphatic heterocycles. The third-order valence-corrected chi connectivity index (χ3v) is 2.74. The average molecular weight is 174 g/mol. The van der Waals surface area contributed by atoms with Crippen LogP contribution in [0.15, 0.2) is 22.9 Å². The van der Waals surface area contributed by atoms with E-state index in [1.807, 2.05) is 0 Å². The van der Waals surface area contributed by atoms with Crippen LogP contribution in [-0.2, 0) is 0 Å². The van der Waals surface area contributed by atoms with Crippen LogP contribution in [0.1, 0.15) is 32.1 Å². The van der Waals surface area contributed by atoms with E-state index in [2.05, 4.69) is 17.5 Å². The molecule has 1 aliphatic carbocycles. The summed E-state index contributed by atoms with van der Waals surface area (Å²) in [4.78, 5) is 0. The maximum atomic E-state index is 8.77. The highest BCUT2D eigenvalue weighted by molar-refractivity contribution is 5.39. The van der Waals surface area contributed by atoms with Gasteiger partial charge >= 0.3 is 0 Å². The van der Waals surface area contributed by atoms with Crippen molar-refractivity contribution in [2.24, 2.45) is 0 Å². The molecule has 0 saturated heterocycles. The van der Waals surface area contributed by atoms with Gasteiger partial charge in [-0.3, -0.25) is 0 Å². The Hall–Kier alpha value is -1.23. The van der Waals surface area contributed by atoms with Gasteiger partial charge in [0.1, 0.15) is 0 Å². The number of rotatable bonds is 0. The van der Waals surface area contributed by atoms with Gasteiger partial charge in [0.05, 0.1) is 6.07 Å². The number of dihydropyridines is 1. The third-order valence-electron chi connectivity index (χ3n) is 2.74. The van der Waals surface area contributed by atoms with Gasteiger partial charge in [0.25, 0.3) is 0 Å². The number of hydrogen-bond acceptors (Lipinski definition) is 2. The van der Waals surface area contributed by atoms with Crippen molar-refractivity contribution >= 4 is 0 Å². The lowest BCUT2D eigenvalue weighted by molar-refractivity contribution is 0.693. The van der Waals surface area contributed by atoms with E-state index >= 15 is 0 Å². The standard InChI is InChI=1S/C11H14N2/c12-7-9-6-10-4-2-1-3-5-11(10)13-8-9/h6,13H,1-5,8H2. The Bertz CT molecular complexity index is 305. The monoisotopic (exact) mass is 174 g/mol. The fraction of sp³-hybridized carbons (Fsp3) is 0.545. The van der Waals surface area contributed by atoms with Crippen LogP contribution in [0.4, 0.5) is 0 Å². The molecule has 0 unspecified atom stereocenters. The lowest BCUT2D eigenvalue weighted by atomic mass is 10.0. The number of hydrogen-bond donors (Lipinski definition) is 1. The minimum absolute atomic E-state index is 0.731. The molecule has 0 atom stereocenters. The van der Waals surface area contributed by atoms with Gasteiger partial charge in [-0.25, -0.2) is 0 Å². The Morgan fingerprint density at radius 3 is 2.92 bits per heavy atom. The molecule has 0 aromatic carbocycles. The molecule has 13 heavy (non-hydrogen) atoms. The average Bonchev–Trinajstić information content (AvgIpc) is 2.41. The van der Waals surface area contributed by atoms with E-state index in [4.69, 9.17) is 5.26 Å². The van der Waals surface area contributed by atoms with E-state index in [1.165, 1.54) is 37.0 Å². The van der Waals surface area contributed by atoms with Gasteiger partial charge in [-0.15, -0.1) is 0 Å². The first-order valence-corrected chi connectivity index (χ1v) is 4.97. The van der Waals surface area contributed by atoms with Gasteiger partial charge < -0.3 is 5.32 Å². The molecule has 0 aromatic heterocycles. The number of nitrogens with one attached hydrogen (secondary N) is 1. The molecule has 0 aromatic rings. The highest BCUT2D eigenvalue weighted by atomic mass is 14.9. The molecule has 0 bridgehead atoms. The summed E-state index contributed by atoms with van der Waals surface area (Å²) in [6.07, 6.45) is 8.29. The zero-order chi connectivity index (χ0) is 9.10. The second kappa shape index (κ2) is 3.66. The van der Waals surface area contributed by atoms with Gasteiger partial charge in [0, 0.05) is 17.8 Å². The van der Waals surface area contributed by atoms with Crippen molar-refractivity contribution < 1.29 is 0 Å². The van der Waals surface area contributed by atoms with E-state index in [0.717, 1.165) is 18.5 Å². The SMILES string of the molecule is N#CC1=CC2=C(CCCCC2)NC1. The van der Waals surface area contributed by atoms with E-state index in [0.29, 0.717) is 0 Å². The first-order valence-electron chi connectivity index (χ1n) is 4.97. The normalized spacial score (nSPS) is 22.2. The Balaban J connectivity index is 2.24. The molecule has 1 N–H and O–H groups in total.